The van der Waals surface area contributed by atoms with E-state index in [1.807, 2.05) is 4.90 Å². The summed E-state index contributed by atoms with van der Waals surface area (Å²) in [5.74, 6) is 0.686. The number of nitrogen functional groups attached to an aromatic ring is 1. The summed E-state index contributed by atoms with van der Waals surface area (Å²) < 4.78 is 25.7. The Hall–Kier alpha value is -2.81. The third kappa shape index (κ3) is 3.66. The van der Waals surface area contributed by atoms with E-state index in [4.69, 9.17) is 11.1 Å². The molecule has 25 heavy (non-hydrogen) atoms. The summed E-state index contributed by atoms with van der Waals surface area (Å²) in [6.07, 6.45) is -1.37. The lowest BCUT2D eigenvalue weighted by Crippen LogP contribution is -2.25. The Kier molecular flexibility index (Phi) is 4.75. The molecule has 0 amide bonds. The molecule has 0 bridgehead atoms. The standard InChI is InChI=1S/C16H18F2N6O/c17-13(18)9-2-1-3-10(6-9)21-14-12(7-19)15(23-16(20)22-14)24-5-4-11(25)8-24/h1-3,6-7,11,13,19,25H,4-5,8H2,(H3,20,21,22,23)/t11-/m0/s1. The van der Waals surface area contributed by atoms with E-state index in [2.05, 4.69) is 15.3 Å². The van der Waals surface area contributed by atoms with Gasteiger partial charge in [0.05, 0.1) is 11.7 Å². The zero-order valence-electron chi connectivity index (χ0n) is 13.3. The molecule has 1 aromatic carbocycles. The average Bonchev–Trinajstić information content (AvgIpc) is 3.01. The highest BCUT2D eigenvalue weighted by molar-refractivity contribution is 5.92. The number of benzene rings is 1. The van der Waals surface area contributed by atoms with Crippen molar-refractivity contribution < 1.29 is 13.9 Å². The molecule has 1 aromatic heterocycles. The second kappa shape index (κ2) is 6.98. The molecule has 0 unspecified atom stereocenters. The largest absolute Gasteiger partial charge is 0.391 e. The third-order valence-electron chi connectivity index (χ3n) is 3.95. The molecule has 0 saturated carbocycles. The van der Waals surface area contributed by atoms with Gasteiger partial charge in [-0.1, -0.05) is 12.1 Å². The van der Waals surface area contributed by atoms with Crippen molar-refractivity contribution in [3.63, 3.8) is 0 Å². The van der Waals surface area contributed by atoms with Crippen LogP contribution in [0.15, 0.2) is 24.3 Å². The normalized spacial score (nSPS) is 17.1. The summed E-state index contributed by atoms with van der Waals surface area (Å²) in [6.45, 7) is 0.969. The third-order valence-corrected chi connectivity index (χ3v) is 3.95. The minimum atomic E-state index is -2.58. The maximum Gasteiger partial charge on any atom is 0.263 e. The van der Waals surface area contributed by atoms with Crippen LogP contribution in [0.1, 0.15) is 24.0 Å². The van der Waals surface area contributed by atoms with E-state index in [-0.39, 0.29) is 17.3 Å². The molecule has 7 nitrogen and oxygen atoms in total. The van der Waals surface area contributed by atoms with E-state index in [1.165, 1.54) is 18.2 Å². The summed E-state index contributed by atoms with van der Waals surface area (Å²) in [6, 6.07) is 5.78. The Labute approximate surface area is 143 Å². The Morgan fingerprint density at radius 2 is 2.20 bits per heavy atom. The molecule has 1 saturated heterocycles. The van der Waals surface area contributed by atoms with Crippen LogP contribution in [0.4, 0.5) is 32.1 Å². The average molecular weight is 348 g/mol. The van der Waals surface area contributed by atoms with E-state index in [0.29, 0.717) is 36.6 Å². The van der Waals surface area contributed by atoms with Gasteiger partial charge in [-0.2, -0.15) is 9.97 Å². The van der Waals surface area contributed by atoms with Crippen LogP contribution in [-0.2, 0) is 0 Å². The number of hydrogen-bond donors (Lipinski definition) is 4. The SMILES string of the molecule is N=Cc1c(Nc2cccc(C(F)F)c2)nc(N)nc1N1CC[C@H](O)C1. The number of halogens is 2. The molecule has 1 aliphatic rings. The lowest BCUT2D eigenvalue weighted by Gasteiger charge is -2.21. The number of nitrogens with one attached hydrogen (secondary N) is 2. The number of β-amino-alcohol motifs (C(OH)–C–C–N with tert-alkyl or cyclic N) is 1. The molecule has 5 N–H and O–H groups in total. The molecule has 3 rings (SSSR count). The quantitative estimate of drug-likeness (QED) is 0.617. The van der Waals surface area contributed by atoms with Crippen molar-refractivity contribution >= 4 is 29.5 Å². The van der Waals surface area contributed by atoms with Crippen molar-refractivity contribution in [3.05, 3.63) is 35.4 Å². The number of aliphatic hydroxyl groups excluding tert-OH is 1. The smallest absolute Gasteiger partial charge is 0.263 e. The number of nitrogens with two attached hydrogens (primary N) is 1. The summed E-state index contributed by atoms with van der Waals surface area (Å²) >= 11 is 0. The Morgan fingerprint density at radius 1 is 1.40 bits per heavy atom. The number of aromatic nitrogens is 2. The number of nitrogens with zero attached hydrogens (tertiary/aromatic N) is 3. The van der Waals surface area contributed by atoms with Gasteiger partial charge in [0.15, 0.2) is 0 Å². The van der Waals surface area contributed by atoms with Crippen LogP contribution < -0.4 is 16.0 Å². The number of anilines is 4. The van der Waals surface area contributed by atoms with E-state index < -0.39 is 12.5 Å². The number of alkyl halides is 2. The summed E-state index contributed by atoms with van der Waals surface area (Å²) in [5, 5.41) is 20.3. The molecule has 0 radical (unpaired) electrons. The predicted octanol–water partition coefficient (Wildman–Crippen LogP) is 2.31. The Morgan fingerprint density at radius 3 is 2.84 bits per heavy atom. The highest BCUT2D eigenvalue weighted by atomic mass is 19.3. The zero-order valence-corrected chi connectivity index (χ0v) is 13.3. The zero-order chi connectivity index (χ0) is 18.0. The highest BCUT2D eigenvalue weighted by Crippen LogP contribution is 2.30. The molecule has 132 valence electrons. The Bertz CT molecular complexity index is 785. The van der Waals surface area contributed by atoms with Gasteiger partial charge >= 0.3 is 0 Å². The second-order valence-electron chi connectivity index (χ2n) is 5.75. The van der Waals surface area contributed by atoms with Gasteiger partial charge in [0, 0.05) is 30.6 Å². The first-order chi connectivity index (χ1) is 12.0. The Balaban J connectivity index is 1.97. The number of rotatable bonds is 5. The van der Waals surface area contributed by atoms with Crippen molar-refractivity contribution in [3.8, 4) is 0 Å². The molecular formula is C16H18F2N6O. The molecule has 2 heterocycles. The molecule has 0 aliphatic carbocycles. The van der Waals surface area contributed by atoms with E-state index in [0.717, 1.165) is 6.21 Å². The van der Waals surface area contributed by atoms with Crippen LogP contribution in [0, 0.1) is 5.41 Å². The topological polar surface area (TPSA) is 111 Å². The van der Waals surface area contributed by atoms with Crippen molar-refractivity contribution in [1.29, 1.82) is 5.41 Å². The number of hydrogen-bond acceptors (Lipinski definition) is 7. The molecule has 1 aliphatic heterocycles. The fraction of sp³-hybridized carbons (Fsp3) is 0.312. The van der Waals surface area contributed by atoms with Gasteiger partial charge in [-0.15, -0.1) is 0 Å². The lowest BCUT2D eigenvalue weighted by molar-refractivity contribution is 0.151. The van der Waals surface area contributed by atoms with Crippen LogP contribution in [-0.4, -0.2) is 40.5 Å². The van der Waals surface area contributed by atoms with E-state index in [1.54, 1.807) is 6.07 Å². The summed E-state index contributed by atoms with van der Waals surface area (Å²) in [4.78, 5) is 10.1. The van der Waals surface area contributed by atoms with Crippen molar-refractivity contribution in [2.75, 3.05) is 29.0 Å². The van der Waals surface area contributed by atoms with Crippen LogP contribution in [0.25, 0.3) is 0 Å². The summed E-state index contributed by atoms with van der Waals surface area (Å²) in [5.41, 5.74) is 6.44. The molecular weight excluding hydrogens is 330 g/mol. The van der Waals surface area contributed by atoms with Crippen LogP contribution in [0.2, 0.25) is 0 Å². The van der Waals surface area contributed by atoms with Crippen molar-refractivity contribution in [2.24, 2.45) is 0 Å². The van der Waals surface area contributed by atoms with Crippen LogP contribution in [0.5, 0.6) is 0 Å². The fourth-order valence-electron chi connectivity index (χ4n) is 2.77. The first kappa shape index (κ1) is 17.0. The maximum atomic E-state index is 12.9. The second-order valence-corrected chi connectivity index (χ2v) is 5.75. The fourth-order valence-corrected chi connectivity index (χ4v) is 2.77. The highest BCUT2D eigenvalue weighted by Gasteiger charge is 2.25. The van der Waals surface area contributed by atoms with Crippen molar-refractivity contribution in [1.82, 2.24) is 9.97 Å². The number of aliphatic hydroxyl groups is 1. The predicted molar refractivity (Wildman–Crippen MR) is 91.8 cm³/mol. The minimum absolute atomic E-state index is 0.00509. The van der Waals surface area contributed by atoms with Gasteiger partial charge in [-0.05, 0) is 18.6 Å². The van der Waals surface area contributed by atoms with Gasteiger partial charge in [-0.25, -0.2) is 8.78 Å². The summed E-state index contributed by atoms with van der Waals surface area (Å²) in [7, 11) is 0. The van der Waals surface area contributed by atoms with Gasteiger partial charge in [0.1, 0.15) is 11.6 Å². The van der Waals surface area contributed by atoms with Gasteiger partial charge < -0.3 is 26.5 Å². The van der Waals surface area contributed by atoms with Gasteiger partial charge in [0.25, 0.3) is 6.43 Å². The maximum absolute atomic E-state index is 12.9. The van der Waals surface area contributed by atoms with E-state index in [9.17, 15) is 13.9 Å². The van der Waals surface area contributed by atoms with Crippen molar-refractivity contribution in [2.45, 2.75) is 19.0 Å². The lowest BCUT2D eigenvalue weighted by atomic mass is 10.2. The molecule has 9 heteroatoms. The van der Waals surface area contributed by atoms with Crippen LogP contribution in [0.3, 0.4) is 0 Å². The van der Waals surface area contributed by atoms with E-state index >= 15 is 0 Å². The van der Waals surface area contributed by atoms with Gasteiger partial charge in [0.2, 0.25) is 5.95 Å². The van der Waals surface area contributed by atoms with Gasteiger partial charge in [-0.3, -0.25) is 0 Å². The molecule has 0 spiro atoms. The van der Waals surface area contributed by atoms with Crippen LogP contribution >= 0.6 is 0 Å². The molecule has 2 aromatic rings. The minimum Gasteiger partial charge on any atom is -0.391 e. The molecule has 1 atom stereocenters. The first-order valence-corrected chi connectivity index (χ1v) is 7.74. The first-order valence-electron chi connectivity index (χ1n) is 7.74. The monoisotopic (exact) mass is 348 g/mol. The molecule has 1 fully saturated rings.